The van der Waals surface area contributed by atoms with Gasteiger partial charge in [0.1, 0.15) is 4.34 Å². The Bertz CT molecular complexity index is 385. The minimum atomic E-state index is 0.198. The summed E-state index contributed by atoms with van der Waals surface area (Å²) in [5.41, 5.74) is 0. The topological polar surface area (TPSA) is 32.3 Å². The molecule has 1 amide bonds. The van der Waals surface area contributed by atoms with E-state index in [1.165, 1.54) is 11.3 Å². The highest BCUT2D eigenvalue weighted by atomic mass is 79.9. The molecule has 0 bridgehead atoms. The number of likely N-dealkylation sites (tertiary alicyclic amines) is 1. The molecule has 0 atom stereocenters. The van der Waals surface area contributed by atoms with Crippen molar-refractivity contribution >= 4 is 44.8 Å². The standard InChI is InChI=1S/C11H14BrClN2OS/c12-9-5-8(17-11(9)13)6-14-7-10(16)15-3-1-2-4-15/h5,14H,1-4,6-7H2. The van der Waals surface area contributed by atoms with Gasteiger partial charge in [-0.3, -0.25) is 4.79 Å². The fourth-order valence-electron chi connectivity index (χ4n) is 1.85. The first-order valence-electron chi connectivity index (χ1n) is 5.59. The fourth-order valence-corrected chi connectivity index (χ4v) is 3.61. The van der Waals surface area contributed by atoms with Gasteiger partial charge in [-0.2, -0.15) is 0 Å². The van der Waals surface area contributed by atoms with Gasteiger partial charge in [0, 0.05) is 29.0 Å². The van der Waals surface area contributed by atoms with Gasteiger partial charge in [0.05, 0.1) is 6.54 Å². The van der Waals surface area contributed by atoms with Crippen LogP contribution >= 0.6 is 38.9 Å². The smallest absolute Gasteiger partial charge is 0.236 e. The van der Waals surface area contributed by atoms with Crippen molar-refractivity contribution < 1.29 is 4.79 Å². The molecule has 1 aromatic rings. The zero-order valence-electron chi connectivity index (χ0n) is 9.34. The van der Waals surface area contributed by atoms with Crippen molar-refractivity contribution in [2.75, 3.05) is 19.6 Å². The number of carbonyl (C=O) groups excluding carboxylic acids is 1. The molecule has 1 fully saturated rings. The Hall–Kier alpha value is -0.100. The molecule has 0 aliphatic carbocycles. The summed E-state index contributed by atoms with van der Waals surface area (Å²) in [5.74, 6) is 0.198. The molecular formula is C11H14BrClN2OS. The van der Waals surface area contributed by atoms with Crippen molar-refractivity contribution in [3.05, 3.63) is 19.8 Å². The quantitative estimate of drug-likeness (QED) is 0.916. The second kappa shape index (κ2) is 6.18. The maximum Gasteiger partial charge on any atom is 0.236 e. The van der Waals surface area contributed by atoms with Crippen LogP contribution in [0.15, 0.2) is 10.5 Å². The van der Waals surface area contributed by atoms with Gasteiger partial charge in [-0.05, 0) is 34.8 Å². The molecule has 3 nitrogen and oxygen atoms in total. The van der Waals surface area contributed by atoms with Crippen LogP contribution in [0.2, 0.25) is 4.34 Å². The molecule has 0 unspecified atom stereocenters. The lowest BCUT2D eigenvalue weighted by Gasteiger charge is -2.15. The number of hydrogen-bond acceptors (Lipinski definition) is 3. The summed E-state index contributed by atoms with van der Waals surface area (Å²) >= 11 is 10.8. The van der Waals surface area contributed by atoms with E-state index in [-0.39, 0.29) is 5.91 Å². The van der Waals surface area contributed by atoms with E-state index < -0.39 is 0 Å². The van der Waals surface area contributed by atoms with Crippen LogP contribution in [0, 0.1) is 0 Å². The highest BCUT2D eigenvalue weighted by Gasteiger charge is 2.17. The number of rotatable bonds is 4. The summed E-state index contributed by atoms with van der Waals surface area (Å²) in [4.78, 5) is 14.8. The summed E-state index contributed by atoms with van der Waals surface area (Å²) in [6.07, 6.45) is 2.28. The molecule has 1 aliphatic heterocycles. The molecule has 1 aromatic heterocycles. The number of nitrogens with zero attached hydrogens (tertiary/aromatic N) is 1. The third kappa shape index (κ3) is 3.68. The van der Waals surface area contributed by atoms with Crippen molar-refractivity contribution in [3.63, 3.8) is 0 Å². The molecule has 2 rings (SSSR count). The Morgan fingerprint density at radius 3 is 2.82 bits per heavy atom. The maximum atomic E-state index is 11.7. The van der Waals surface area contributed by atoms with E-state index in [2.05, 4.69) is 21.2 Å². The zero-order chi connectivity index (χ0) is 12.3. The molecule has 1 N–H and O–H groups in total. The van der Waals surface area contributed by atoms with Crippen LogP contribution in [0.3, 0.4) is 0 Å². The lowest BCUT2D eigenvalue weighted by atomic mass is 10.4. The summed E-state index contributed by atoms with van der Waals surface area (Å²) in [5, 5.41) is 3.16. The van der Waals surface area contributed by atoms with Crippen molar-refractivity contribution in [2.24, 2.45) is 0 Å². The van der Waals surface area contributed by atoms with E-state index in [1.807, 2.05) is 11.0 Å². The van der Waals surface area contributed by atoms with Crippen molar-refractivity contribution in [3.8, 4) is 0 Å². The van der Waals surface area contributed by atoms with Crippen LogP contribution in [-0.4, -0.2) is 30.4 Å². The minimum Gasteiger partial charge on any atom is -0.342 e. The largest absolute Gasteiger partial charge is 0.342 e. The van der Waals surface area contributed by atoms with Crippen LogP contribution in [0.25, 0.3) is 0 Å². The molecule has 2 heterocycles. The van der Waals surface area contributed by atoms with Gasteiger partial charge in [-0.1, -0.05) is 11.6 Å². The van der Waals surface area contributed by atoms with Gasteiger partial charge in [-0.25, -0.2) is 0 Å². The van der Waals surface area contributed by atoms with Gasteiger partial charge in [-0.15, -0.1) is 11.3 Å². The Morgan fingerprint density at radius 1 is 1.53 bits per heavy atom. The molecule has 6 heteroatoms. The molecule has 0 radical (unpaired) electrons. The van der Waals surface area contributed by atoms with E-state index in [0.29, 0.717) is 13.1 Å². The van der Waals surface area contributed by atoms with Crippen molar-refractivity contribution in [1.29, 1.82) is 0 Å². The second-order valence-corrected chi connectivity index (χ2v) is 6.62. The minimum absolute atomic E-state index is 0.198. The van der Waals surface area contributed by atoms with Crippen LogP contribution in [0.1, 0.15) is 17.7 Å². The molecular weight excluding hydrogens is 324 g/mol. The highest BCUT2D eigenvalue weighted by Crippen LogP contribution is 2.31. The first kappa shape index (κ1) is 13.3. The Kier molecular flexibility index (Phi) is 4.85. The zero-order valence-corrected chi connectivity index (χ0v) is 12.5. The Balaban J connectivity index is 1.73. The molecule has 94 valence electrons. The summed E-state index contributed by atoms with van der Waals surface area (Å²) < 4.78 is 1.68. The highest BCUT2D eigenvalue weighted by molar-refractivity contribution is 9.10. The third-order valence-corrected chi connectivity index (χ3v) is 5.21. The molecule has 1 saturated heterocycles. The number of hydrogen-bond donors (Lipinski definition) is 1. The maximum absolute atomic E-state index is 11.7. The van der Waals surface area contributed by atoms with Gasteiger partial charge in [0.2, 0.25) is 5.91 Å². The van der Waals surface area contributed by atoms with E-state index in [9.17, 15) is 4.79 Å². The average Bonchev–Trinajstić information content (AvgIpc) is 2.90. The van der Waals surface area contributed by atoms with Crippen LogP contribution in [0.4, 0.5) is 0 Å². The summed E-state index contributed by atoms with van der Waals surface area (Å²) in [6, 6.07) is 1.99. The van der Waals surface area contributed by atoms with E-state index in [1.54, 1.807) is 0 Å². The predicted octanol–water partition coefficient (Wildman–Crippen LogP) is 2.88. The molecule has 17 heavy (non-hydrogen) atoms. The van der Waals surface area contributed by atoms with Gasteiger partial charge >= 0.3 is 0 Å². The van der Waals surface area contributed by atoms with Crippen LogP contribution < -0.4 is 5.32 Å². The number of halogens is 2. The number of amides is 1. The van der Waals surface area contributed by atoms with Crippen molar-refractivity contribution in [1.82, 2.24) is 10.2 Å². The van der Waals surface area contributed by atoms with Gasteiger partial charge in [0.15, 0.2) is 0 Å². The van der Waals surface area contributed by atoms with E-state index in [0.717, 1.165) is 39.6 Å². The van der Waals surface area contributed by atoms with Crippen LogP contribution in [-0.2, 0) is 11.3 Å². The normalized spacial score (nSPS) is 15.5. The molecule has 0 spiro atoms. The lowest BCUT2D eigenvalue weighted by Crippen LogP contribution is -2.35. The first-order valence-corrected chi connectivity index (χ1v) is 7.58. The van der Waals surface area contributed by atoms with Gasteiger partial charge < -0.3 is 10.2 Å². The van der Waals surface area contributed by atoms with E-state index in [4.69, 9.17) is 11.6 Å². The monoisotopic (exact) mass is 336 g/mol. The number of carbonyl (C=O) groups is 1. The van der Waals surface area contributed by atoms with Crippen molar-refractivity contribution in [2.45, 2.75) is 19.4 Å². The first-order chi connectivity index (χ1) is 8.16. The van der Waals surface area contributed by atoms with Crippen LogP contribution in [0.5, 0.6) is 0 Å². The summed E-state index contributed by atoms with van der Waals surface area (Å²) in [7, 11) is 0. The molecule has 1 aliphatic rings. The lowest BCUT2D eigenvalue weighted by molar-refractivity contribution is -0.129. The molecule has 0 saturated carbocycles. The predicted molar refractivity (Wildman–Crippen MR) is 74.5 cm³/mol. The van der Waals surface area contributed by atoms with E-state index >= 15 is 0 Å². The Morgan fingerprint density at radius 2 is 2.24 bits per heavy atom. The second-order valence-electron chi connectivity index (χ2n) is 4.03. The number of thiophene rings is 1. The summed E-state index contributed by atoms with van der Waals surface area (Å²) in [6.45, 7) is 2.93. The SMILES string of the molecule is O=C(CNCc1cc(Br)c(Cl)s1)N1CCCC1. The fraction of sp³-hybridized carbons (Fsp3) is 0.545. The average molecular weight is 338 g/mol. The molecule has 0 aromatic carbocycles. The number of nitrogens with one attached hydrogen (secondary N) is 1. The van der Waals surface area contributed by atoms with Gasteiger partial charge in [0.25, 0.3) is 0 Å². The Labute approximate surface area is 118 Å². The third-order valence-electron chi connectivity index (χ3n) is 2.73.